The highest BCUT2D eigenvalue weighted by Gasteiger charge is 2.38. The van der Waals surface area contributed by atoms with Crippen molar-refractivity contribution in [3.63, 3.8) is 0 Å². The molecule has 1 heterocycles. The number of aliphatic hydroxyl groups is 3. The monoisotopic (exact) mass is 316 g/mol. The lowest BCUT2D eigenvalue weighted by Crippen LogP contribution is -2.55. The van der Waals surface area contributed by atoms with Crippen molar-refractivity contribution in [2.75, 3.05) is 19.8 Å². The second-order valence-corrected chi connectivity index (χ2v) is 5.91. The first-order valence-electron chi connectivity index (χ1n) is 8.55. The summed E-state index contributed by atoms with van der Waals surface area (Å²) in [5.74, 6) is 0. The van der Waals surface area contributed by atoms with Gasteiger partial charge in [-0.2, -0.15) is 0 Å². The van der Waals surface area contributed by atoms with Crippen molar-refractivity contribution in [1.82, 2.24) is 0 Å². The molecule has 1 fully saturated rings. The van der Waals surface area contributed by atoms with Gasteiger partial charge in [0.1, 0.15) is 24.4 Å². The van der Waals surface area contributed by atoms with Crippen LogP contribution in [-0.4, -0.2) is 59.6 Å². The van der Waals surface area contributed by atoms with Crippen LogP contribution < -0.4 is 0 Å². The molecular formula is C17H32O5. The highest BCUT2D eigenvalue weighted by Crippen LogP contribution is 2.18. The first kappa shape index (κ1) is 19.6. The zero-order valence-electron chi connectivity index (χ0n) is 13.7. The second kappa shape index (κ2) is 12.0. The van der Waals surface area contributed by atoms with E-state index in [2.05, 4.69) is 19.1 Å². The number of hydrogen-bond acceptors (Lipinski definition) is 5. The summed E-state index contributed by atoms with van der Waals surface area (Å²) >= 11 is 0. The molecule has 0 amide bonds. The molecule has 0 unspecified atom stereocenters. The van der Waals surface area contributed by atoms with Gasteiger partial charge in [-0.1, -0.05) is 38.3 Å². The molecule has 130 valence electrons. The maximum Gasteiger partial charge on any atom is 0.114 e. The summed E-state index contributed by atoms with van der Waals surface area (Å²) in [6, 6.07) is 0. The lowest BCUT2D eigenvalue weighted by molar-refractivity contribution is -0.210. The molecule has 1 aliphatic rings. The third-order valence-corrected chi connectivity index (χ3v) is 3.97. The quantitative estimate of drug-likeness (QED) is 0.400. The molecule has 1 aliphatic heterocycles. The molecule has 0 aromatic rings. The van der Waals surface area contributed by atoms with Crippen molar-refractivity contribution in [3.8, 4) is 0 Å². The maximum absolute atomic E-state index is 9.96. The molecule has 3 N–H and O–H groups in total. The van der Waals surface area contributed by atoms with Crippen molar-refractivity contribution >= 4 is 0 Å². The fraction of sp³-hybridized carbons (Fsp3) is 0.882. The number of unbranched alkanes of at least 4 members (excludes halogenated alkanes) is 5. The normalized spacial score (nSPS) is 29.3. The molecule has 5 heteroatoms. The summed E-state index contributed by atoms with van der Waals surface area (Å²) in [4.78, 5) is 0. The smallest absolute Gasteiger partial charge is 0.114 e. The fourth-order valence-corrected chi connectivity index (χ4v) is 2.57. The van der Waals surface area contributed by atoms with Gasteiger partial charge < -0.3 is 24.8 Å². The first-order valence-corrected chi connectivity index (χ1v) is 8.55. The van der Waals surface area contributed by atoms with Crippen LogP contribution in [-0.2, 0) is 9.47 Å². The summed E-state index contributed by atoms with van der Waals surface area (Å²) in [7, 11) is 0. The van der Waals surface area contributed by atoms with E-state index in [4.69, 9.17) is 14.6 Å². The van der Waals surface area contributed by atoms with Gasteiger partial charge in [0.2, 0.25) is 0 Å². The van der Waals surface area contributed by atoms with Crippen molar-refractivity contribution in [1.29, 1.82) is 0 Å². The van der Waals surface area contributed by atoms with Crippen LogP contribution in [0, 0.1) is 0 Å². The predicted molar refractivity (Wildman–Crippen MR) is 85.7 cm³/mol. The average molecular weight is 316 g/mol. The van der Waals surface area contributed by atoms with E-state index < -0.39 is 24.4 Å². The fourth-order valence-electron chi connectivity index (χ4n) is 2.57. The van der Waals surface area contributed by atoms with Crippen LogP contribution in [0.4, 0.5) is 0 Å². The van der Waals surface area contributed by atoms with Gasteiger partial charge in [-0.3, -0.25) is 0 Å². The lowest BCUT2D eigenvalue weighted by Gasteiger charge is -2.37. The van der Waals surface area contributed by atoms with Crippen LogP contribution in [0.25, 0.3) is 0 Å². The van der Waals surface area contributed by atoms with E-state index in [-0.39, 0.29) is 13.2 Å². The Hall–Kier alpha value is -0.460. The van der Waals surface area contributed by atoms with Crippen LogP contribution in [0.5, 0.6) is 0 Å². The molecule has 0 bridgehead atoms. The minimum Gasteiger partial charge on any atom is -0.394 e. The summed E-state index contributed by atoms with van der Waals surface area (Å²) < 4.78 is 10.7. The van der Waals surface area contributed by atoms with E-state index in [1.165, 1.54) is 25.7 Å². The van der Waals surface area contributed by atoms with Gasteiger partial charge in [-0.25, -0.2) is 0 Å². The van der Waals surface area contributed by atoms with Crippen LogP contribution in [0.3, 0.4) is 0 Å². The molecule has 0 aromatic carbocycles. The minimum atomic E-state index is -0.983. The van der Waals surface area contributed by atoms with Gasteiger partial charge in [-0.05, 0) is 25.7 Å². The first-order chi connectivity index (χ1) is 10.7. The van der Waals surface area contributed by atoms with Gasteiger partial charge in [0.05, 0.1) is 13.2 Å². The number of aliphatic hydroxyl groups excluding tert-OH is 3. The Balaban J connectivity index is 2.09. The molecule has 0 aromatic heterocycles. The van der Waals surface area contributed by atoms with Crippen molar-refractivity contribution in [2.24, 2.45) is 0 Å². The van der Waals surface area contributed by atoms with E-state index >= 15 is 0 Å². The molecule has 4 atom stereocenters. The van der Waals surface area contributed by atoms with Gasteiger partial charge in [0.15, 0.2) is 0 Å². The van der Waals surface area contributed by atoms with Crippen molar-refractivity contribution < 1.29 is 24.8 Å². The Labute approximate surface area is 133 Å². The van der Waals surface area contributed by atoms with Crippen LogP contribution >= 0.6 is 0 Å². The van der Waals surface area contributed by atoms with Crippen molar-refractivity contribution in [3.05, 3.63) is 12.2 Å². The Morgan fingerprint density at radius 3 is 2.50 bits per heavy atom. The van der Waals surface area contributed by atoms with Crippen molar-refractivity contribution in [2.45, 2.75) is 76.3 Å². The molecule has 0 saturated carbocycles. The summed E-state index contributed by atoms with van der Waals surface area (Å²) in [6.45, 7) is 2.52. The number of hydrogen-bond donors (Lipinski definition) is 3. The highest BCUT2D eigenvalue weighted by atomic mass is 16.6. The second-order valence-electron chi connectivity index (χ2n) is 5.91. The standard InChI is InChI=1S/C17H32O5/c1-2-3-4-5-6-7-8-9-10-11-21-17-14(19)13-22-15(12-18)16(17)20/h7-8,14-20H,2-6,9-13H2,1H3/b8-7+/t14-,15+,16+,17+/m1/s1. The SMILES string of the molecule is CCCCCC/C=C/CCCO[C@@H]1[C@@H](O)[C@H](CO)OC[C@H]1O. The lowest BCUT2D eigenvalue weighted by atomic mass is 10.0. The summed E-state index contributed by atoms with van der Waals surface area (Å²) in [5.41, 5.74) is 0. The Bertz CT molecular complexity index is 295. The van der Waals surface area contributed by atoms with E-state index in [0.717, 1.165) is 19.3 Å². The largest absolute Gasteiger partial charge is 0.394 e. The molecule has 5 nitrogen and oxygen atoms in total. The van der Waals surface area contributed by atoms with E-state index in [9.17, 15) is 10.2 Å². The summed E-state index contributed by atoms with van der Waals surface area (Å²) in [5, 5.41) is 28.8. The molecule has 22 heavy (non-hydrogen) atoms. The van der Waals surface area contributed by atoms with Crippen LogP contribution in [0.1, 0.15) is 51.9 Å². The predicted octanol–water partition coefficient (Wildman–Crippen LogP) is 1.79. The van der Waals surface area contributed by atoms with Gasteiger partial charge in [0, 0.05) is 6.61 Å². The Morgan fingerprint density at radius 1 is 1.09 bits per heavy atom. The maximum atomic E-state index is 9.96. The number of allylic oxidation sites excluding steroid dienone is 2. The molecular weight excluding hydrogens is 284 g/mol. The van der Waals surface area contributed by atoms with Gasteiger partial charge in [-0.15, -0.1) is 0 Å². The third kappa shape index (κ3) is 7.20. The van der Waals surface area contributed by atoms with E-state index in [0.29, 0.717) is 6.61 Å². The average Bonchev–Trinajstić information content (AvgIpc) is 2.52. The van der Waals surface area contributed by atoms with Crippen LogP contribution in [0.15, 0.2) is 12.2 Å². The van der Waals surface area contributed by atoms with Gasteiger partial charge >= 0.3 is 0 Å². The minimum absolute atomic E-state index is 0.0879. The molecule has 0 spiro atoms. The molecule has 1 rings (SSSR count). The van der Waals surface area contributed by atoms with Gasteiger partial charge in [0.25, 0.3) is 0 Å². The molecule has 0 aliphatic carbocycles. The summed E-state index contributed by atoms with van der Waals surface area (Å²) in [6.07, 6.45) is 9.27. The van der Waals surface area contributed by atoms with Crippen LogP contribution in [0.2, 0.25) is 0 Å². The zero-order chi connectivity index (χ0) is 16.2. The third-order valence-electron chi connectivity index (χ3n) is 3.97. The highest BCUT2D eigenvalue weighted by molar-refractivity contribution is 4.88. The number of rotatable bonds is 11. The van der Waals surface area contributed by atoms with E-state index in [1.54, 1.807) is 0 Å². The zero-order valence-corrected chi connectivity index (χ0v) is 13.7. The Morgan fingerprint density at radius 2 is 1.82 bits per heavy atom. The molecule has 0 radical (unpaired) electrons. The molecule has 1 saturated heterocycles. The Kier molecular flexibility index (Phi) is 10.7. The van der Waals surface area contributed by atoms with E-state index in [1.807, 2.05) is 0 Å². The number of ether oxygens (including phenoxy) is 2. The topological polar surface area (TPSA) is 79.2 Å².